The first-order valence-corrected chi connectivity index (χ1v) is 9.29. The quantitative estimate of drug-likeness (QED) is 0.335. The highest BCUT2D eigenvalue weighted by atomic mass is 79.9. The molecule has 2 heterocycles. The van der Waals surface area contributed by atoms with Gasteiger partial charge in [0, 0.05) is 9.86 Å². The predicted molar refractivity (Wildman–Crippen MR) is 107 cm³/mol. The van der Waals surface area contributed by atoms with Crippen LogP contribution in [0.5, 0.6) is 5.75 Å². The molecule has 2 aromatic heterocycles. The number of hydrogen-bond acceptors (Lipinski definition) is 7. The maximum absolute atomic E-state index is 11.9. The first-order valence-electron chi connectivity index (χ1n) is 8.50. The summed E-state index contributed by atoms with van der Waals surface area (Å²) in [5, 5.41) is 8.88. The summed E-state index contributed by atoms with van der Waals surface area (Å²) in [6.07, 6.45) is 1.65. The molecule has 0 bridgehead atoms. The Balaban J connectivity index is 1.62. The molecule has 0 amide bonds. The van der Waals surface area contributed by atoms with Crippen LogP contribution in [0.3, 0.4) is 0 Å². The van der Waals surface area contributed by atoms with Gasteiger partial charge in [0.1, 0.15) is 29.2 Å². The van der Waals surface area contributed by atoms with Crippen LogP contribution in [0.2, 0.25) is 0 Å². The van der Waals surface area contributed by atoms with Crippen LogP contribution in [0, 0.1) is 0 Å². The first-order chi connectivity index (χ1) is 14.0. The number of methoxy groups -OCH3 is 1. The van der Waals surface area contributed by atoms with Gasteiger partial charge in [-0.25, -0.2) is 14.3 Å². The fourth-order valence-electron chi connectivity index (χ4n) is 2.81. The molecule has 0 atom stereocenters. The Hall–Kier alpha value is -3.46. The standard InChI is InChI=1S/C20H14BrN3O5/c1-27-20(26)14-4-2-3-5-17(14)28-11-13-10-24(23-22-13)16-9-19(25)29-18-7-6-12(21)8-15(16)18/h2-10H,11H2,1H3. The number of para-hydroxylation sites is 1. The Morgan fingerprint density at radius 2 is 2.03 bits per heavy atom. The number of ether oxygens (including phenoxy) is 2. The van der Waals surface area contributed by atoms with Gasteiger partial charge in [0.15, 0.2) is 0 Å². The molecule has 0 radical (unpaired) electrons. The van der Waals surface area contributed by atoms with E-state index in [9.17, 15) is 9.59 Å². The minimum atomic E-state index is -0.491. The molecule has 0 unspecified atom stereocenters. The van der Waals surface area contributed by atoms with E-state index in [0.29, 0.717) is 33.7 Å². The molecule has 4 aromatic rings. The molecule has 0 N–H and O–H groups in total. The topological polar surface area (TPSA) is 96.5 Å². The summed E-state index contributed by atoms with van der Waals surface area (Å²) >= 11 is 3.42. The third-order valence-corrected chi connectivity index (χ3v) is 4.63. The van der Waals surface area contributed by atoms with Gasteiger partial charge in [-0.05, 0) is 30.3 Å². The summed E-state index contributed by atoms with van der Waals surface area (Å²) < 4.78 is 18.0. The van der Waals surface area contributed by atoms with Crippen LogP contribution in [0.25, 0.3) is 16.7 Å². The number of esters is 1. The number of nitrogens with zero attached hydrogens (tertiary/aromatic N) is 3. The third kappa shape index (κ3) is 3.90. The third-order valence-electron chi connectivity index (χ3n) is 4.14. The fourth-order valence-corrected chi connectivity index (χ4v) is 3.17. The van der Waals surface area contributed by atoms with Gasteiger partial charge in [0.25, 0.3) is 0 Å². The Morgan fingerprint density at radius 1 is 1.21 bits per heavy atom. The molecule has 9 heteroatoms. The van der Waals surface area contributed by atoms with Crippen LogP contribution in [-0.2, 0) is 11.3 Å². The molecule has 0 aliphatic rings. The van der Waals surface area contributed by atoms with Crippen molar-refractivity contribution in [3.63, 3.8) is 0 Å². The summed E-state index contributed by atoms with van der Waals surface area (Å²) in [7, 11) is 1.31. The molecule has 4 rings (SSSR count). The molecule has 0 saturated heterocycles. The molecular weight excluding hydrogens is 442 g/mol. The average molecular weight is 456 g/mol. The van der Waals surface area contributed by atoms with E-state index in [1.807, 2.05) is 6.07 Å². The number of halogens is 1. The summed E-state index contributed by atoms with van der Waals surface area (Å²) in [4.78, 5) is 23.7. The molecule has 0 aliphatic heterocycles. The van der Waals surface area contributed by atoms with Crippen LogP contribution in [0.15, 0.2) is 68.4 Å². The lowest BCUT2D eigenvalue weighted by atomic mass is 10.2. The number of hydrogen-bond donors (Lipinski definition) is 0. The highest BCUT2D eigenvalue weighted by molar-refractivity contribution is 9.10. The van der Waals surface area contributed by atoms with Gasteiger partial charge in [-0.3, -0.25) is 0 Å². The van der Waals surface area contributed by atoms with Gasteiger partial charge in [-0.2, -0.15) is 0 Å². The Morgan fingerprint density at radius 3 is 2.86 bits per heavy atom. The number of carbonyl (C=O) groups excluding carboxylic acids is 1. The minimum Gasteiger partial charge on any atom is -0.486 e. The minimum absolute atomic E-state index is 0.0804. The Labute approximate surface area is 172 Å². The van der Waals surface area contributed by atoms with Crippen molar-refractivity contribution in [1.29, 1.82) is 0 Å². The molecule has 29 heavy (non-hydrogen) atoms. The van der Waals surface area contributed by atoms with E-state index >= 15 is 0 Å². The molecule has 0 fully saturated rings. The number of aromatic nitrogens is 3. The lowest BCUT2D eigenvalue weighted by Crippen LogP contribution is -2.06. The highest BCUT2D eigenvalue weighted by Gasteiger charge is 2.14. The number of rotatable bonds is 5. The van der Waals surface area contributed by atoms with Crippen LogP contribution < -0.4 is 10.4 Å². The van der Waals surface area contributed by atoms with Gasteiger partial charge in [-0.15, -0.1) is 5.10 Å². The molecule has 146 valence electrons. The number of carbonyl (C=O) groups is 1. The second kappa shape index (κ2) is 7.88. The zero-order valence-electron chi connectivity index (χ0n) is 15.2. The fraction of sp³-hybridized carbons (Fsp3) is 0.100. The summed E-state index contributed by atoms with van der Waals surface area (Å²) in [6, 6.07) is 13.4. The van der Waals surface area contributed by atoms with Crippen LogP contribution >= 0.6 is 15.9 Å². The lowest BCUT2D eigenvalue weighted by molar-refractivity contribution is 0.0595. The second-order valence-electron chi connectivity index (χ2n) is 6.02. The van der Waals surface area contributed by atoms with E-state index in [1.54, 1.807) is 42.6 Å². The van der Waals surface area contributed by atoms with Crippen molar-refractivity contribution in [2.45, 2.75) is 6.61 Å². The monoisotopic (exact) mass is 455 g/mol. The van der Waals surface area contributed by atoms with Crippen LogP contribution in [-0.4, -0.2) is 28.1 Å². The number of benzene rings is 2. The SMILES string of the molecule is COC(=O)c1ccccc1OCc1cn(-c2cc(=O)oc3ccc(Br)cc23)nn1. The maximum Gasteiger partial charge on any atom is 0.341 e. The van der Waals surface area contributed by atoms with Crippen molar-refractivity contribution in [2.75, 3.05) is 7.11 Å². The van der Waals surface area contributed by atoms with Gasteiger partial charge in [-0.1, -0.05) is 33.3 Å². The largest absolute Gasteiger partial charge is 0.486 e. The van der Waals surface area contributed by atoms with Crippen molar-refractivity contribution in [2.24, 2.45) is 0 Å². The molecule has 0 saturated carbocycles. The van der Waals surface area contributed by atoms with E-state index in [4.69, 9.17) is 13.9 Å². The van der Waals surface area contributed by atoms with Crippen molar-refractivity contribution in [1.82, 2.24) is 15.0 Å². The summed E-state index contributed by atoms with van der Waals surface area (Å²) in [5.41, 5.74) is 1.32. The zero-order chi connectivity index (χ0) is 20.4. The lowest BCUT2D eigenvalue weighted by Gasteiger charge is -2.08. The molecule has 0 spiro atoms. The van der Waals surface area contributed by atoms with Crippen molar-refractivity contribution in [3.8, 4) is 11.4 Å². The van der Waals surface area contributed by atoms with E-state index in [-0.39, 0.29) is 6.61 Å². The van der Waals surface area contributed by atoms with Crippen LogP contribution in [0.1, 0.15) is 16.1 Å². The predicted octanol–water partition coefficient (Wildman–Crippen LogP) is 3.50. The van der Waals surface area contributed by atoms with Crippen molar-refractivity contribution >= 4 is 32.9 Å². The molecule has 0 aliphatic carbocycles. The van der Waals surface area contributed by atoms with Gasteiger partial charge < -0.3 is 13.9 Å². The van der Waals surface area contributed by atoms with Crippen molar-refractivity contribution in [3.05, 3.63) is 80.9 Å². The van der Waals surface area contributed by atoms with E-state index in [0.717, 1.165) is 4.47 Å². The highest BCUT2D eigenvalue weighted by Crippen LogP contribution is 2.24. The van der Waals surface area contributed by atoms with Crippen LogP contribution in [0.4, 0.5) is 0 Å². The van der Waals surface area contributed by atoms with Gasteiger partial charge in [0.2, 0.25) is 0 Å². The maximum atomic E-state index is 11.9. The van der Waals surface area contributed by atoms with Crippen molar-refractivity contribution < 1.29 is 18.7 Å². The van der Waals surface area contributed by atoms with Gasteiger partial charge >= 0.3 is 11.6 Å². The summed E-state index contributed by atoms with van der Waals surface area (Å²) in [5.74, 6) is -0.110. The van der Waals surface area contributed by atoms with E-state index in [2.05, 4.69) is 26.2 Å². The van der Waals surface area contributed by atoms with E-state index in [1.165, 1.54) is 17.9 Å². The molecular formula is C20H14BrN3O5. The first kappa shape index (κ1) is 18.9. The molecule has 8 nitrogen and oxygen atoms in total. The smallest absolute Gasteiger partial charge is 0.341 e. The summed E-state index contributed by atoms with van der Waals surface area (Å²) in [6.45, 7) is 0.0804. The zero-order valence-corrected chi connectivity index (χ0v) is 16.8. The Bertz CT molecular complexity index is 1260. The average Bonchev–Trinajstić information content (AvgIpc) is 3.20. The normalized spacial score (nSPS) is 10.8. The van der Waals surface area contributed by atoms with E-state index < -0.39 is 11.6 Å². The second-order valence-corrected chi connectivity index (χ2v) is 6.94. The van der Waals surface area contributed by atoms with Gasteiger partial charge in [0.05, 0.1) is 25.1 Å². The number of fused-ring (bicyclic) bond motifs is 1. The Kier molecular flexibility index (Phi) is 5.13. The molecule has 2 aromatic carbocycles.